The SMILES string of the molecule is O=C(NC1CCN(Cc2ccc(-c3nc4ccncc4nc3-c3ccccc3)cc2)C1)c1cncs1. The van der Waals surface area contributed by atoms with Crippen LogP contribution in [0.4, 0.5) is 0 Å². The molecule has 1 unspecified atom stereocenters. The maximum absolute atomic E-state index is 12.3. The maximum Gasteiger partial charge on any atom is 0.263 e. The van der Waals surface area contributed by atoms with E-state index in [1.54, 1.807) is 24.1 Å². The zero-order chi connectivity index (χ0) is 24.3. The molecule has 7 nitrogen and oxygen atoms in total. The molecule has 0 radical (unpaired) electrons. The van der Waals surface area contributed by atoms with Crippen molar-refractivity contribution < 1.29 is 4.79 Å². The number of nitrogens with zero attached hydrogens (tertiary/aromatic N) is 5. The van der Waals surface area contributed by atoms with Gasteiger partial charge in [-0.25, -0.2) is 9.97 Å². The Balaban J connectivity index is 1.19. The number of amides is 1. The molecule has 4 heterocycles. The highest BCUT2D eigenvalue weighted by molar-refractivity contribution is 7.11. The number of pyridine rings is 1. The Morgan fingerprint density at radius 3 is 2.47 bits per heavy atom. The third-order valence-electron chi connectivity index (χ3n) is 6.41. The molecule has 1 atom stereocenters. The van der Waals surface area contributed by atoms with Crippen molar-refractivity contribution in [3.05, 3.63) is 95.2 Å². The standard InChI is InChI=1S/C28H24N6OS/c35-28(25-15-30-18-36-25)31-22-11-13-34(17-22)16-19-6-8-21(9-7-19)27-26(20-4-2-1-3-5-20)33-24-14-29-12-10-23(24)32-27/h1-10,12,14-15,18,22H,11,13,16-17H2,(H,31,35). The van der Waals surface area contributed by atoms with Gasteiger partial charge in [0.25, 0.3) is 5.91 Å². The van der Waals surface area contributed by atoms with Gasteiger partial charge in [-0.15, -0.1) is 11.3 Å². The van der Waals surface area contributed by atoms with Crippen LogP contribution in [-0.4, -0.2) is 49.9 Å². The van der Waals surface area contributed by atoms with E-state index in [9.17, 15) is 4.79 Å². The van der Waals surface area contributed by atoms with Gasteiger partial charge in [0.05, 0.1) is 34.8 Å². The average molecular weight is 493 g/mol. The number of fused-ring (bicyclic) bond motifs is 1. The van der Waals surface area contributed by atoms with Crippen molar-refractivity contribution in [1.29, 1.82) is 0 Å². The van der Waals surface area contributed by atoms with E-state index in [0.29, 0.717) is 4.88 Å². The second-order valence-corrected chi connectivity index (χ2v) is 9.79. The molecule has 0 spiro atoms. The lowest BCUT2D eigenvalue weighted by Crippen LogP contribution is -2.36. The number of rotatable bonds is 6. The van der Waals surface area contributed by atoms with Gasteiger partial charge in [0, 0.05) is 43.0 Å². The van der Waals surface area contributed by atoms with Crippen molar-refractivity contribution in [1.82, 2.24) is 30.2 Å². The van der Waals surface area contributed by atoms with Gasteiger partial charge in [-0.3, -0.25) is 19.7 Å². The Labute approximate surface area is 212 Å². The molecule has 1 fully saturated rings. The number of carbonyl (C=O) groups is 1. The molecular weight excluding hydrogens is 468 g/mol. The first-order valence-electron chi connectivity index (χ1n) is 11.9. The van der Waals surface area contributed by atoms with Crippen LogP contribution < -0.4 is 5.32 Å². The highest BCUT2D eigenvalue weighted by Crippen LogP contribution is 2.31. The van der Waals surface area contributed by atoms with Gasteiger partial charge in [-0.05, 0) is 18.1 Å². The van der Waals surface area contributed by atoms with Gasteiger partial charge in [0.1, 0.15) is 10.4 Å². The molecule has 0 aliphatic carbocycles. The molecule has 0 bridgehead atoms. The summed E-state index contributed by atoms with van der Waals surface area (Å²) in [6.45, 7) is 2.64. The number of hydrogen-bond acceptors (Lipinski definition) is 7. The third kappa shape index (κ3) is 4.73. The van der Waals surface area contributed by atoms with Crippen molar-refractivity contribution in [2.45, 2.75) is 19.0 Å². The fourth-order valence-corrected chi connectivity index (χ4v) is 5.13. The van der Waals surface area contributed by atoms with E-state index in [2.05, 4.69) is 56.6 Å². The van der Waals surface area contributed by atoms with Crippen LogP contribution in [0, 0.1) is 0 Å². The molecule has 6 rings (SSSR count). The number of benzene rings is 2. The second-order valence-electron chi connectivity index (χ2n) is 8.91. The first kappa shape index (κ1) is 22.5. The van der Waals surface area contributed by atoms with Crippen LogP contribution in [0.2, 0.25) is 0 Å². The molecule has 2 aromatic carbocycles. The lowest BCUT2D eigenvalue weighted by atomic mass is 10.0. The van der Waals surface area contributed by atoms with E-state index in [-0.39, 0.29) is 11.9 Å². The highest BCUT2D eigenvalue weighted by atomic mass is 32.1. The molecular formula is C28H24N6OS. The van der Waals surface area contributed by atoms with Crippen LogP contribution >= 0.6 is 11.3 Å². The van der Waals surface area contributed by atoms with Gasteiger partial charge >= 0.3 is 0 Å². The maximum atomic E-state index is 12.3. The van der Waals surface area contributed by atoms with E-state index >= 15 is 0 Å². The smallest absolute Gasteiger partial charge is 0.263 e. The summed E-state index contributed by atoms with van der Waals surface area (Å²) in [5.41, 5.74) is 8.28. The predicted octanol–water partition coefficient (Wildman–Crippen LogP) is 4.82. The summed E-state index contributed by atoms with van der Waals surface area (Å²) < 4.78 is 0. The van der Waals surface area contributed by atoms with E-state index in [0.717, 1.165) is 59.6 Å². The minimum Gasteiger partial charge on any atom is -0.347 e. The van der Waals surface area contributed by atoms with Crippen LogP contribution in [0.15, 0.2) is 84.8 Å². The van der Waals surface area contributed by atoms with Gasteiger partial charge in [-0.1, -0.05) is 54.6 Å². The van der Waals surface area contributed by atoms with Crippen molar-refractivity contribution in [2.24, 2.45) is 0 Å². The van der Waals surface area contributed by atoms with E-state index in [4.69, 9.17) is 9.97 Å². The molecule has 1 aliphatic heterocycles. The van der Waals surface area contributed by atoms with Gasteiger partial charge < -0.3 is 5.32 Å². The Bertz CT molecular complexity index is 1490. The van der Waals surface area contributed by atoms with Crippen LogP contribution in [0.3, 0.4) is 0 Å². The number of hydrogen-bond donors (Lipinski definition) is 1. The second kappa shape index (κ2) is 9.93. The summed E-state index contributed by atoms with van der Waals surface area (Å²) in [4.78, 5) is 33.4. The normalized spacial score (nSPS) is 15.8. The highest BCUT2D eigenvalue weighted by Gasteiger charge is 2.24. The van der Waals surface area contributed by atoms with E-state index in [1.165, 1.54) is 16.9 Å². The molecule has 0 saturated carbocycles. The van der Waals surface area contributed by atoms with Crippen LogP contribution in [0.5, 0.6) is 0 Å². The third-order valence-corrected chi connectivity index (χ3v) is 7.18. The molecule has 5 aromatic rings. The molecule has 178 valence electrons. The summed E-state index contributed by atoms with van der Waals surface area (Å²) in [6.07, 6.45) is 6.07. The van der Waals surface area contributed by atoms with Crippen molar-refractivity contribution in [2.75, 3.05) is 13.1 Å². The van der Waals surface area contributed by atoms with Crippen LogP contribution in [0.1, 0.15) is 21.7 Å². The summed E-state index contributed by atoms with van der Waals surface area (Å²) >= 11 is 1.37. The lowest BCUT2D eigenvalue weighted by molar-refractivity contribution is 0.0941. The van der Waals surface area contributed by atoms with Crippen molar-refractivity contribution >= 4 is 28.3 Å². The Morgan fingerprint density at radius 1 is 0.917 bits per heavy atom. The van der Waals surface area contributed by atoms with Gasteiger partial charge in [0.2, 0.25) is 0 Å². The Morgan fingerprint density at radius 2 is 1.69 bits per heavy atom. The quantitative estimate of drug-likeness (QED) is 0.366. The molecule has 1 aliphatic rings. The molecule has 1 saturated heterocycles. The summed E-state index contributed by atoms with van der Waals surface area (Å²) in [6, 6.07) is 20.8. The number of nitrogens with one attached hydrogen (secondary N) is 1. The first-order chi connectivity index (χ1) is 17.7. The fourth-order valence-electron chi connectivity index (χ4n) is 4.61. The van der Waals surface area contributed by atoms with Crippen molar-refractivity contribution in [3.8, 4) is 22.5 Å². The molecule has 8 heteroatoms. The molecule has 3 aromatic heterocycles. The Kier molecular flexibility index (Phi) is 6.19. The van der Waals surface area contributed by atoms with E-state index < -0.39 is 0 Å². The number of thiazole rings is 1. The zero-order valence-corrected chi connectivity index (χ0v) is 20.4. The van der Waals surface area contributed by atoms with Gasteiger partial charge in [0.15, 0.2) is 0 Å². The largest absolute Gasteiger partial charge is 0.347 e. The Hall–Kier alpha value is -4.01. The average Bonchev–Trinajstić information content (AvgIpc) is 3.62. The van der Waals surface area contributed by atoms with Crippen LogP contribution in [0.25, 0.3) is 33.5 Å². The van der Waals surface area contributed by atoms with Gasteiger partial charge in [-0.2, -0.15) is 0 Å². The molecule has 36 heavy (non-hydrogen) atoms. The monoisotopic (exact) mass is 492 g/mol. The number of aromatic nitrogens is 4. The molecule has 1 N–H and O–H groups in total. The minimum absolute atomic E-state index is 0.0322. The number of carbonyl (C=O) groups excluding carboxylic acids is 1. The fraction of sp³-hybridized carbons (Fsp3) is 0.179. The van der Waals surface area contributed by atoms with Crippen LogP contribution in [-0.2, 0) is 6.54 Å². The number of likely N-dealkylation sites (tertiary alicyclic amines) is 1. The lowest BCUT2D eigenvalue weighted by Gasteiger charge is -2.17. The predicted molar refractivity (Wildman–Crippen MR) is 141 cm³/mol. The van der Waals surface area contributed by atoms with Crippen molar-refractivity contribution in [3.63, 3.8) is 0 Å². The zero-order valence-electron chi connectivity index (χ0n) is 19.5. The minimum atomic E-state index is -0.0322. The first-order valence-corrected chi connectivity index (χ1v) is 12.8. The topological polar surface area (TPSA) is 83.9 Å². The van der Waals surface area contributed by atoms with E-state index in [1.807, 2.05) is 24.3 Å². The summed E-state index contributed by atoms with van der Waals surface area (Å²) in [7, 11) is 0. The summed E-state index contributed by atoms with van der Waals surface area (Å²) in [5.74, 6) is -0.0322. The molecule has 1 amide bonds. The summed E-state index contributed by atoms with van der Waals surface area (Å²) in [5, 5.41) is 3.13.